The third-order valence-electron chi connectivity index (χ3n) is 3.88. The van der Waals surface area contributed by atoms with Gasteiger partial charge in [-0.25, -0.2) is 4.79 Å². The fourth-order valence-corrected chi connectivity index (χ4v) is 3.26. The first-order chi connectivity index (χ1) is 11.7. The molecule has 148 valence electrons. The fourth-order valence-electron chi connectivity index (χ4n) is 2.50. The molecule has 0 spiro atoms. The van der Waals surface area contributed by atoms with Crippen molar-refractivity contribution in [3.05, 3.63) is 0 Å². The Kier molecular flexibility index (Phi) is 12.5. The molecule has 0 saturated heterocycles. The minimum Gasteiger partial charge on any atom is -0.480 e. The van der Waals surface area contributed by atoms with Gasteiger partial charge in [-0.2, -0.15) is 8.42 Å². The molecule has 0 radical (unpaired) electrons. The molecule has 0 saturated carbocycles. The van der Waals surface area contributed by atoms with Gasteiger partial charge in [-0.1, -0.05) is 64.7 Å². The van der Waals surface area contributed by atoms with E-state index in [0.29, 0.717) is 6.42 Å². The molecule has 3 N–H and O–H groups in total. The Morgan fingerprint density at radius 2 is 1.28 bits per heavy atom. The summed E-state index contributed by atoms with van der Waals surface area (Å²) in [6.07, 6.45) is 8.50. The minimum absolute atomic E-state index is 0.0766. The molecule has 2 atom stereocenters. The van der Waals surface area contributed by atoms with Crippen molar-refractivity contribution in [1.82, 2.24) is 0 Å². The first-order valence-corrected chi connectivity index (χ1v) is 10.3. The van der Waals surface area contributed by atoms with Gasteiger partial charge in [0.2, 0.25) is 5.25 Å². The van der Waals surface area contributed by atoms with Crippen molar-refractivity contribution in [3.63, 3.8) is 0 Å². The highest BCUT2D eigenvalue weighted by molar-refractivity contribution is 7.87. The predicted octanol–water partition coefficient (Wildman–Crippen LogP) is 2.72. The van der Waals surface area contributed by atoms with Crippen LogP contribution in [0.3, 0.4) is 0 Å². The Morgan fingerprint density at radius 1 is 0.840 bits per heavy atom. The van der Waals surface area contributed by atoms with Gasteiger partial charge in [0.25, 0.3) is 10.1 Å². The second-order valence-electron chi connectivity index (χ2n) is 6.09. The highest BCUT2D eigenvalue weighted by Crippen LogP contribution is 2.13. The average molecular weight is 382 g/mol. The minimum atomic E-state index is -5.08. The van der Waals surface area contributed by atoms with Crippen LogP contribution < -0.4 is 0 Å². The molecule has 2 unspecified atom stereocenters. The average Bonchev–Trinajstić information content (AvgIpc) is 2.49. The Balaban J connectivity index is 4.03. The predicted molar refractivity (Wildman–Crippen MR) is 92.2 cm³/mol. The van der Waals surface area contributed by atoms with Crippen LogP contribution in [-0.4, -0.2) is 53.1 Å². The van der Waals surface area contributed by atoms with Crippen LogP contribution in [0.5, 0.6) is 0 Å². The smallest absolute Gasteiger partial charge is 0.334 e. The molecule has 8 nitrogen and oxygen atoms in total. The summed E-state index contributed by atoms with van der Waals surface area (Å²) in [6.45, 7) is 2.10. The number of ether oxygens (including phenoxy) is 1. The molecular formula is C16H30O8S. The Hall–Kier alpha value is -1.19. The van der Waals surface area contributed by atoms with Crippen molar-refractivity contribution in [1.29, 1.82) is 0 Å². The van der Waals surface area contributed by atoms with Gasteiger partial charge in [0.1, 0.15) is 0 Å². The quantitative estimate of drug-likeness (QED) is 0.273. The van der Waals surface area contributed by atoms with Crippen LogP contribution >= 0.6 is 0 Å². The Morgan fingerprint density at radius 3 is 1.64 bits per heavy atom. The summed E-state index contributed by atoms with van der Waals surface area (Å²) in [4.78, 5) is 22.0. The first-order valence-electron chi connectivity index (χ1n) is 8.75. The second kappa shape index (κ2) is 13.1. The molecule has 0 heterocycles. The maximum Gasteiger partial charge on any atom is 0.334 e. The molecule has 0 bridgehead atoms. The number of carboxylic acids is 2. The molecule has 0 rings (SSSR count). The lowest BCUT2D eigenvalue weighted by Crippen LogP contribution is -2.46. The standard InChI is InChI=1S/C16H30O8S/c1-2-3-4-5-6-7-8-9-10-11-12-24-13(15(17)18)14(16(19)20)25(21,22)23/h13-14H,2-12H2,1H3,(H,17,18)(H,19,20)(H,21,22,23). The topological polar surface area (TPSA) is 138 Å². The van der Waals surface area contributed by atoms with Crippen LogP contribution in [0.15, 0.2) is 0 Å². The lowest BCUT2D eigenvalue weighted by molar-refractivity contribution is -0.156. The number of unbranched alkanes of at least 4 members (excludes halogenated alkanes) is 9. The van der Waals surface area contributed by atoms with Crippen molar-refractivity contribution in [2.45, 2.75) is 82.5 Å². The monoisotopic (exact) mass is 382 g/mol. The molecule has 0 aliphatic rings. The largest absolute Gasteiger partial charge is 0.480 e. The molecule has 0 aliphatic carbocycles. The van der Waals surface area contributed by atoms with E-state index >= 15 is 0 Å². The lowest BCUT2D eigenvalue weighted by atomic mass is 10.1. The normalized spacial score (nSPS) is 14.2. The molecule has 0 aromatic rings. The zero-order valence-corrected chi connectivity index (χ0v) is 15.5. The maximum atomic E-state index is 11.1. The molecule has 0 amide bonds. The summed E-state index contributed by atoms with van der Waals surface area (Å²) in [5, 5.41) is 15.2. The van der Waals surface area contributed by atoms with Gasteiger partial charge in [-0.15, -0.1) is 0 Å². The number of aliphatic carboxylic acids is 2. The van der Waals surface area contributed by atoms with E-state index in [1.54, 1.807) is 0 Å². The van der Waals surface area contributed by atoms with E-state index in [1.807, 2.05) is 0 Å². The van der Waals surface area contributed by atoms with Gasteiger partial charge in [0.05, 0.1) is 0 Å². The molecule has 0 fully saturated rings. The number of carboxylic acid groups (broad SMARTS) is 2. The number of rotatable bonds is 16. The van der Waals surface area contributed by atoms with Crippen LogP contribution in [0.1, 0.15) is 71.1 Å². The molecular weight excluding hydrogens is 352 g/mol. The van der Waals surface area contributed by atoms with Crippen molar-refractivity contribution >= 4 is 22.1 Å². The van der Waals surface area contributed by atoms with Crippen LogP contribution in [0.4, 0.5) is 0 Å². The van der Waals surface area contributed by atoms with E-state index in [1.165, 1.54) is 32.1 Å². The van der Waals surface area contributed by atoms with Crippen molar-refractivity contribution in [2.75, 3.05) is 6.61 Å². The van der Waals surface area contributed by atoms with Gasteiger partial charge < -0.3 is 14.9 Å². The van der Waals surface area contributed by atoms with Crippen LogP contribution in [0.25, 0.3) is 0 Å². The van der Waals surface area contributed by atoms with E-state index < -0.39 is 33.4 Å². The van der Waals surface area contributed by atoms with Crippen molar-refractivity contribution < 1.29 is 37.5 Å². The summed E-state index contributed by atoms with van der Waals surface area (Å²) in [5.41, 5.74) is 0. The highest BCUT2D eigenvalue weighted by Gasteiger charge is 2.44. The summed E-state index contributed by atoms with van der Waals surface area (Å²) in [6, 6.07) is 0. The van der Waals surface area contributed by atoms with E-state index in [2.05, 4.69) is 6.92 Å². The zero-order chi connectivity index (χ0) is 19.3. The van der Waals surface area contributed by atoms with Crippen LogP contribution in [-0.2, 0) is 24.4 Å². The third-order valence-corrected chi connectivity index (χ3v) is 4.97. The van der Waals surface area contributed by atoms with Gasteiger partial charge in [0, 0.05) is 6.61 Å². The highest BCUT2D eigenvalue weighted by atomic mass is 32.2. The number of hydrogen-bond acceptors (Lipinski definition) is 5. The van der Waals surface area contributed by atoms with Crippen LogP contribution in [0, 0.1) is 0 Å². The molecule has 9 heteroatoms. The molecule has 0 aliphatic heterocycles. The number of carbonyl (C=O) groups is 2. The second-order valence-corrected chi connectivity index (χ2v) is 7.62. The fraction of sp³-hybridized carbons (Fsp3) is 0.875. The van der Waals surface area contributed by atoms with Gasteiger partial charge >= 0.3 is 11.9 Å². The summed E-state index contributed by atoms with van der Waals surface area (Å²) >= 11 is 0. The van der Waals surface area contributed by atoms with E-state index in [9.17, 15) is 18.0 Å². The Labute approximate surface area is 149 Å². The van der Waals surface area contributed by atoms with Gasteiger partial charge in [-0.3, -0.25) is 9.35 Å². The molecule has 0 aromatic carbocycles. The Bertz CT molecular complexity index is 488. The van der Waals surface area contributed by atoms with Gasteiger partial charge in [-0.05, 0) is 6.42 Å². The van der Waals surface area contributed by atoms with E-state index in [4.69, 9.17) is 19.5 Å². The third kappa shape index (κ3) is 11.1. The summed E-state index contributed by atoms with van der Waals surface area (Å²) in [5.74, 6) is -3.70. The summed E-state index contributed by atoms with van der Waals surface area (Å²) < 4.78 is 35.9. The molecule has 0 aromatic heterocycles. The maximum absolute atomic E-state index is 11.1. The van der Waals surface area contributed by atoms with E-state index in [0.717, 1.165) is 25.7 Å². The van der Waals surface area contributed by atoms with Crippen molar-refractivity contribution in [2.24, 2.45) is 0 Å². The lowest BCUT2D eigenvalue weighted by Gasteiger charge is -2.18. The zero-order valence-electron chi connectivity index (χ0n) is 14.7. The van der Waals surface area contributed by atoms with E-state index in [-0.39, 0.29) is 6.61 Å². The summed E-state index contributed by atoms with van der Waals surface area (Å²) in [7, 11) is -5.08. The van der Waals surface area contributed by atoms with Crippen molar-refractivity contribution in [3.8, 4) is 0 Å². The molecule has 25 heavy (non-hydrogen) atoms. The van der Waals surface area contributed by atoms with Crippen LogP contribution in [0.2, 0.25) is 0 Å². The first kappa shape index (κ1) is 23.8. The number of hydrogen-bond donors (Lipinski definition) is 3. The SMILES string of the molecule is CCCCCCCCCCCCOC(C(=O)O)C(C(=O)O)S(=O)(=O)O. The van der Waals surface area contributed by atoms with Gasteiger partial charge in [0.15, 0.2) is 6.10 Å².